The summed E-state index contributed by atoms with van der Waals surface area (Å²) in [6.45, 7) is 0. The molecule has 1 aliphatic heterocycles. The summed E-state index contributed by atoms with van der Waals surface area (Å²) in [4.78, 5) is 15.7. The molecule has 3 nitrogen and oxygen atoms in total. The van der Waals surface area contributed by atoms with Gasteiger partial charge >= 0.3 is 0 Å². The average molecular weight is 341 g/mol. The minimum absolute atomic E-state index is 0.0392. The van der Waals surface area contributed by atoms with E-state index in [0.29, 0.717) is 10.5 Å². The predicted molar refractivity (Wildman–Crippen MR) is 98.5 cm³/mol. The third-order valence-corrected chi connectivity index (χ3v) is 5.27. The van der Waals surface area contributed by atoms with Crippen molar-refractivity contribution in [1.29, 1.82) is 0 Å². The molecule has 114 valence electrons. The molecule has 23 heavy (non-hydrogen) atoms. The molecule has 2 aromatic carbocycles. The monoisotopic (exact) mass is 340 g/mol. The number of halogens is 1. The number of nitrogens with zero attached hydrogens (tertiary/aromatic N) is 1. The number of hydrogen-bond donors (Lipinski definition) is 1. The highest BCUT2D eigenvalue weighted by atomic mass is 35.5. The Balaban J connectivity index is 2.12. The molecule has 1 atom stereocenters. The van der Waals surface area contributed by atoms with Gasteiger partial charge in [-0.2, -0.15) is 0 Å². The molecule has 0 spiro atoms. The molecule has 0 aliphatic carbocycles. The van der Waals surface area contributed by atoms with Gasteiger partial charge in [0.2, 0.25) is 0 Å². The lowest BCUT2D eigenvalue weighted by Crippen LogP contribution is -2.16. The van der Waals surface area contributed by atoms with Crippen molar-refractivity contribution in [3.63, 3.8) is 0 Å². The fraction of sp³-hybridized carbons (Fsp3) is 0.111. The number of aromatic amines is 1. The van der Waals surface area contributed by atoms with Gasteiger partial charge in [0, 0.05) is 29.1 Å². The van der Waals surface area contributed by atoms with Crippen molar-refractivity contribution in [2.24, 2.45) is 4.40 Å². The van der Waals surface area contributed by atoms with Crippen molar-refractivity contribution in [3.8, 4) is 11.1 Å². The van der Waals surface area contributed by atoms with E-state index in [2.05, 4.69) is 9.38 Å². The molecule has 0 saturated heterocycles. The first-order valence-electron chi connectivity index (χ1n) is 7.33. The molecule has 5 heteroatoms. The molecule has 0 radical (unpaired) electrons. The van der Waals surface area contributed by atoms with E-state index in [1.54, 1.807) is 6.07 Å². The van der Waals surface area contributed by atoms with E-state index in [0.717, 1.165) is 28.5 Å². The van der Waals surface area contributed by atoms with E-state index >= 15 is 0 Å². The molecule has 0 bridgehead atoms. The third-order valence-electron chi connectivity index (χ3n) is 4.00. The number of hydrogen-bond acceptors (Lipinski definition) is 3. The third kappa shape index (κ3) is 2.48. The van der Waals surface area contributed by atoms with Crippen molar-refractivity contribution in [2.45, 2.75) is 11.7 Å². The van der Waals surface area contributed by atoms with Crippen molar-refractivity contribution in [3.05, 3.63) is 69.5 Å². The lowest BCUT2D eigenvalue weighted by Gasteiger charge is -2.16. The van der Waals surface area contributed by atoms with Crippen LogP contribution in [0.4, 0.5) is 0 Å². The van der Waals surface area contributed by atoms with Crippen LogP contribution in [0.5, 0.6) is 0 Å². The van der Waals surface area contributed by atoms with Gasteiger partial charge in [-0.25, -0.2) is 4.40 Å². The maximum Gasteiger partial charge on any atom is 0.253 e. The van der Waals surface area contributed by atoms with E-state index in [9.17, 15) is 4.79 Å². The maximum atomic E-state index is 12.8. The summed E-state index contributed by atoms with van der Waals surface area (Å²) < 4.78 is 4.23. The number of H-pyrrole nitrogens is 1. The van der Waals surface area contributed by atoms with Crippen LogP contribution in [-0.2, 0) is 0 Å². The van der Waals surface area contributed by atoms with E-state index in [-0.39, 0.29) is 10.8 Å². The molecule has 1 aromatic heterocycles. The minimum atomic E-state index is -0.0903. The summed E-state index contributed by atoms with van der Waals surface area (Å²) in [5.74, 6) is 0. The zero-order valence-electron chi connectivity index (χ0n) is 12.1. The highest BCUT2D eigenvalue weighted by Gasteiger charge is 2.25. The van der Waals surface area contributed by atoms with Crippen molar-refractivity contribution >= 4 is 40.7 Å². The first-order chi connectivity index (χ1) is 11.3. The normalized spacial score (nSPS) is 17.0. The Kier molecular flexibility index (Phi) is 3.71. The van der Waals surface area contributed by atoms with Crippen LogP contribution in [0.3, 0.4) is 0 Å². The Labute approximate surface area is 142 Å². The Bertz CT molecular complexity index is 958. The van der Waals surface area contributed by atoms with Crippen LogP contribution in [-0.4, -0.2) is 11.2 Å². The summed E-state index contributed by atoms with van der Waals surface area (Å²) in [6, 6.07) is 15.7. The lowest BCUT2D eigenvalue weighted by atomic mass is 9.94. The van der Waals surface area contributed by atoms with Crippen molar-refractivity contribution in [2.75, 3.05) is 0 Å². The van der Waals surface area contributed by atoms with Gasteiger partial charge in [-0.15, -0.1) is 0 Å². The second-order valence-corrected chi connectivity index (χ2v) is 6.79. The number of para-hydroxylation sites is 1. The van der Waals surface area contributed by atoms with Crippen LogP contribution in [0.25, 0.3) is 22.0 Å². The topological polar surface area (TPSA) is 45.2 Å². The summed E-state index contributed by atoms with van der Waals surface area (Å²) >= 11 is 7.75. The number of rotatable bonds is 2. The molecule has 1 aliphatic rings. The van der Waals surface area contributed by atoms with Gasteiger partial charge in [-0.05, 0) is 23.6 Å². The van der Waals surface area contributed by atoms with E-state index in [1.807, 2.05) is 48.7 Å². The molecule has 1 unspecified atom stereocenters. The van der Waals surface area contributed by atoms with Crippen LogP contribution >= 0.6 is 23.5 Å². The van der Waals surface area contributed by atoms with Gasteiger partial charge in [0.05, 0.1) is 15.8 Å². The van der Waals surface area contributed by atoms with Crippen molar-refractivity contribution in [1.82, 2.24) is 4.98 Å². The molecule has 3 aromatic rings. The van der Waals surface area contributed by atoms with Gasteiger partial charge < -0.3 is 4.98 Å². The van der Waals surface area contributed by atoms with Crippen LogP contribution in [0.15, 0.2) is 57.7 Å². The molecular formula is C18H13ClN2OS. The van der Waals surface area contributed by atoms with Crippen LogP contribution < -0.4 is 5.56 Å². The molecule has 4 rings (SSSR count). The van der Waals surface area contributed by atoms with Crippen LogP contribution in [0, 0.1) is 0 Å². The zero-order valence-corrected chi connectivity index (χ0v) is 13.7. The van der Waals surface area contributed by atoms with Crippen LogP contribution in [0.2, 0.25) is 5.02 Å². The number of nitrogens with one attached hydrogen (secondary N) is 1. The Hall–Kier alpha value is -2.04. The Morgan fingerprint density at radius 2 is 1.96 bits per heavy atom. The van der Waals surface area contributed by atoms with Crippen molar-refractivity contribution < 1.29 is 0 Å². The smallest absolute Gasteiger partial charge is 0.253 e. The number of aromatic nitrogens is 1. The van der Waals surface area contributed by atoms with E-state index in [1.165, 1.54) is 11.9 Å². The quantitative estimate of drug-likeness (QED) is 0.666. The Morgan fingerprint density at radius 1 is 1.13 bits per heavy atom. The van der Waals surface area contributed by atoms with Gasteiger partial charge in [0.25, 0.3) is 5.56 Å². The second-order valence-electron chi connectivity index (χ2n) is 5.39. The summed E-state index contributed by atoms with van der Waals surface area (Å²) in [5.41, 5.74) is 3.34. The van der Waals surface area contributed by atoms with Gasteiger partial charge in [0.1, 0.15) is 0 Å². The van der Waals surface area contributed by atoms with Crippen LogP contribution in [0.1, 0.15) is 17.2 Å². The van der Waals surface area contributed by atoms with Gasteiger partial charge in [0.15, 0.2) is 0 Å². The standard InChI is InChI=1S/C18H13ClN2OS/c19-13-8-4-7-12-15(11-5-2-1-3-6-11)16(14-9-10-20-23-14)18(22)21-17(12)13/h1-8,10,14H,9H2,(H,21,22). The number of fused-ring (bicyclic) bond motifs is 1. The predicted octanol–water partition coefficient (Wildman–Crippen LogP) is 5.01. The summed E-state index contributed by atoms with van der Waals surface area (Å²) in [7, 11) is 0. The first-order valence-corrected chi connectivity index (χ1v) is 8.54. The SMILES string of the molecule is O=c1[nH]c2c(Cl)cccc2c(-c2ccccc2)c1C1CC=NS1. The zero-order chi connectivity index (χ0) is 15.8. The maximum absolute atomic E-state index is 12.8. The molecular weight excluding hydrogens is 328 g/mol. The molecule has 0 amide bonds. The first kappa shape index (κ1) is 14.5. The van der Waals surface area contributed by atoms with E-state index < -0.39 is 0 Å². The molecule has 1 N–H and O–H groups in total. The average Bonchev–Trinajstić information content (AvgIpc) is 3.09. The Morgan fingerprint density at radius 3 is 2.70 bits per heavy atom. The largest absolute Gasteiger partial charge is 0.320 e. The van der Waals surface area contributed by atoms with E-state index in [4.69, 9.17) is 11.6 Å². The lowest BCUT2D eigenvalue weighted by molar-refractivity contribution is 1.01. The minimum Gasteiger partial charge on any atom is -0.320 e. The fourth-order valence-corrected chi connectivity index (χ4v) is 4.03. The number of benzene rings is 2. The molecule has 0 fully saturated rings. The number of pyridine rings is 1. The second kappa shape index (κ2) is 5.87. The summed E-state index contributed by atoms with van der Waals surface area (Å²) in [6.07, 6.45) is 2.63. The highest BCUT2D eigenvalue weighted by Crippen LogP contribution is 2.42. The molecule has 2 heterocycles. The highest BCUT2D eigenvalue weighted by molar-refractivity contribution is 7.98. The fourth-order valence-electron chi connectivity index (χ4n) is 2.99. The molecule has 0 saturated carbocycles. The summed E-state index contributed by atoms with van der Waals surface area (Å²) in [5, 5.41) is 1.56. The van der Waals surface area contributed by atoms with Gasteiger partial charge in [-0.1, -0.05) is 54.1 Å². The van der Waals surface area contributed by atoms with Gasteiger partial charge in [-0.3, -0.25) is 4.79 Å².